The Balaban J connectivity index is 0.000000371. The zero-order valence-corrected chi connectivity index (χ0v) is 6.58. The van der Waals surface area contributed by atoms with Crippen molar-refractivity contribution in [3.8, 4) is 0 Å². The first kappa shape index (κ1) is 9.88. The number of aliphatic hydroxyl groups is 2. The van der Waals surface area contributed by atoms with Crippen molar-refractivity contribution in [2.45, 2.75) is 39.1 Å². The number of aliphatic hydroxyl groups excluding tert-OH is 2. The molecule has 1 saturated heterocycles. The van der Waals surface area contributed by atoms with Crippen LogP contribution in [0.4, 0.5) is 0 Å². The molecule has 62 valence electrons. The molecule has 0 aromatic heterocycles. The third-order valence-corrected chi connectivity index (χ3v) is 1.29. The maximum atomic E-state index is 8.70. The van der Waals surface area contributed by atoms with Gasteiger partial charge in [0.05, 0.1) is 12.7 Å². The largest absolute Gasteiger partial charge is 0.394 e. The molecule has 1 unspecified atom stereocenters. The maximum Gasteiger partial charge on any atom is 0.155 e. The minimum atomic E-state index is -0.632. The summed E-state index contributed by atoms with van der Waals surface area (Å²) in [6, 6.07) is 0. The summed E-state index contributed by atoms with van der Waals surface area (Å²) in [7, 11) is 0. The van der Waals surface area contributed by atoms with Gasteiger partial charge in [-0.05, 0) is 6.42 Å². The van der Waals surface area contributed by atoms with E-state index in [0.717, 1.165) is 6.42 Å². The van der Waals surface area contributed by atoms with E-state index in [-0.39, 0.29) is 12.7 Å². The van der Waals surface area contributed by atoms with Crippen LogP contribution in [0.2, 0.25) is 0 Å². The summed E-state index contributed by atoms with van der Waals surface area (Å²) in [5.74, 6) is 0. The number of rotatable bonds is 1. The second kappa shape index (κ2) is 5.65. The fourth-order valence-corrected chi connectivity index (χ4v) is 0.821. The molecule has 1 heterocycles. The van der Waals surface area contributed by atoms with Gasteiger partial charge in [0.25, 0.3) is 0 Å². The second-order valence-corrected chi connectivity index (χ2v) is 1.97. The van der Waals surface area contributed by atoms with E-state index in [4.69, 9.17) is 14.9 Å². The van der Waals surface area contributed by atoms with E-state index < -0.39 is 6.29 Å². The van der Waals surface area contributed by atoms with Crippen LogP contribution in [0.5, 0.6) is 0 Å². The van der Waals surface area contributed by atoms with Crippen LogP contribution in [0.1, 0.15) is 26.7 Å². The van der Waals surface area contributed by atoms with Gasteiger partial charge in [-0.25, -0.2) is 0 Å². The van der Waals surface area contributed by atoms with Crippen LogP contribution < -0.4 is 0 Å². The lowest BCUT2D eigenvalue weighted by Gasteiger charge is -2.04. The normalized spacial score (nSPS) is 31.2. The molecular weight excluding hydrogens is 132 g/mol. The van der Waals surface area contributed by atoms with Crippen LogP contribution in [0.25, 0.3) is 0 Å². The third kappa shape index (κ3) is 3.15. The Morgan fingerprint density at radius 2 is 2.00 bits per heavy atom. The summed E-state index contributed by atoms with van der Waals surface area (Å²) in [4.78, 5) is 0. The highest BCUT2D eigenvalue weighted by Gasteiger charge is 2.21. The van der Waals surface area contributed by atoms with Crippen LogP contribution in [-0.2, 0) is 4.74 Å². The van der Waals surface area contributed by atoms with Gasteiger partial charge in [-0.15, -0.1) is 0 Å². The van der Waals surface area contributed by atoms with Crippen molar-refractivity contribution in [1.29, 1.82) is 0 Å². The molecule has 0 amide bonds. The van der Waals surface area contributed by atoms with Gasteiger partial charge in [-0.2, -0.15) is 0 Å². The summed E-state index contributed by atoms with van der Waals surface area (Å²) in [6.07, 6.45) is 0.681. The zero-order chi connectivity index (χ0) is 7.98. The molecule has 0 aromatic carbocycles. The molecule has 2 atom stereocenters. The van der Waals surface area contributed by atoms with Crippen LogP contribution in [0, 0.1) is 0 Å². The molecule has 3 nitrogen and oxygen atoms in total. The molecule has 2 N–H and O–H groups in total. The minimum absolute atomic E-state index is 0.0249. The van der Waals surface area contributed by atoms with Crippen molar-refractivity contribution in [3.05, 3.63) is 0 Å². The molecule has 1 aliphatic heterocycles. The van der Waals surface area contributed by atoms with E-state index in [2.05, 4.69) is 0 Å². The Hall–Kier alpha value is -0.120. The van der Waals surface area contributed by atoms with Crippen LogP contribution >= 0.6 is 0 Å². The summed E-state index contributed by atoms with van der Waals surface area (Å²) >= 11 is 0. The summed E-state index contributed by atoms with van der Waals surface area (Å²) in [6.45, 7) is 4.02. The molecule has 1 aliphatic rings. The van der Waals surface area contributed by atoms with Crippen molar-refractivity contribution < 1.29 is 14.9 Å². The molecule has 10 heavy (non-hydrogen) atoms. The van der Waals surface area contributed by atoms with Gasteiger partial charge in [-0.3, -0.25) is 0 Å². The van der Waals surface area contributed by atoms with E-state index in [9.17, 15) is 0 Å². The summed E-state index contributed by atoms with van der Waals surface area (Å²) < 4.78 is 4.82. The quantitative estimate of drug-likeness (QED) is 0.569. The second-order valence-electron chi connectivity index (χ2n) is 1.97. The van der Waals surface area contributed by atoms with E-state index in [1.807, 2.05) is 13.8 Å². The number of ether oxygens (including phenoxy) is 1. The lowest BCUT2D eigenvalue weighted by molar-refractivity contribution is -0.101. The van der Waals surface area contributed by atoms with E-state index in [0.29, 0.717) is 6.42 Å². The Morgan fingerprint density at radius 1 is 1.40 bits per heavy atom. The zero-order valence-electron chi connectivity index (χ0n) is 6.58. The molecule has 0 aliphatic carbocycles. The van der Waals surface area contributed by atoms with E-state index in [1.165, 1.54) is 0 Å². The van der Waals surface area contributed by atoms with Gasteiger partial charge in [0, 0.05) is 6.42 Å². The van der Waals surface area contributed by atoms with Crippen molar-refractivity contribution in [2.75, 3.05) is 6.61 Å². The van der Waals surface area contributed by atoms with Crippen LogP contribution in [0.3, 0.4) is 0 Å². The number of hydrogen-bond donors (Lipinski definition) is 2. The number of hydrogen-bond acceptors (Lipinski definition) is 3. The lowest BCUT2D eigenvalue weighted by Crippen LogP contribution is -2.13. The first-order valence-electron chi connectivity index (χ1n) is 3.77. The predicted octanol–water partition coefficient (Wildman–Crippen LogP) is 0.502. The van der Waals surface area contributed by atoms with Gasteiger partial charge in [0.15, 0.2) is 6.29 Å². The molecule has 1 fully saturated rings. The van der Waals surface area contributed by atoms with E-state index in [1.54, 1.807) is 0 Å². The molecule has 3 heteroatoms. The Morgan fingerprint density at radius 3 is 2.20 bits per heavy atom. The molecule has 0 spiro atoms. The third-order valence-electron chi connectivity index (χ3n) is 1.29. The molecule has 1 rings (SSSR count). The van der Waals surface area contributed by atoms with Crippen molar-refractivity contribution in [1.82, 2.24) is 0 Å². The molecule has 0 radical (unpaired) electrons. The van der Waals surface area contributed by atoms with Crippen molar-refractivity contribution >= 4 is 0 Å². The van der Waals surface area contributed by atoms with Crippen molar-refractivity contribution in [2.24, 2.45) is 0 Å². The Labute approximate surface area is 61.6 Å². The van der Waals surface area contributed by atoms with Crippen LogP contribution in [0.15, 0.2) is 0 Å². The van der Waals surface area contributed by atoms with Gasteiger partial charge >= 0.3 is 0 Å². The SMILES string of the molecule is CC.OC[C@@H]1CCC(O)O1. The first-order valence-corrected chi connectivity index (χ1v) is 3.77. The Kier molecular flexibility index (Phi) is 5.58. The standard InChI is InChI=1S/C5H10O3.C2H6/c6-3-4-1-2-5(7)8-4;1-2/h4-7H,1-3H2;1-2H3/t4-,5?;/m0./s1. The lowest BCUT2D eigenvalue weighted by atomic mass is 10.2. The molecule has 0 aromatic rings. The topological polar surface area (TPSA) is 49.7 Å². The maximum absolute atomic E-state index is 8.70. The van der Waals surface area contributed by atoms with Gasteiger partial charge in [0.2, 0.25) is 0 Å². The monoisotopic (exact) mass is 148 g/mol. The van der Waals surface area contributed by atoms with Gasteiger partial charge in [0.1, 0.15) is 0 Å². The molecule has 0 bridgehead atoms. The highest BCUT2D eigenvalue weighted by Crippen LogP contribution is 2.16. The molecular formula is C7H16O3. The van der Waals surface area contributed by atoms with Crippen molar-refractivity contribution in [3.63, 3.8) is 0 Å². The Bertz CT molecular complexity index is 75.3. The highest BCUT2D eigenvalue weighted by atomic mass is 16.6. The average molecular weight is 148 g/mol. The van der Waals surface area contributed by atoms with Gasteiger partial charge < -0.3 is 14.9 Å². The van der Waals surface area contributed by atoms with E-state index >= 15 is 0 Å². The average Bonchev–Trinajstić information content (AvgIpc) is 2.40. The van der Waals surface area contributed by atoms with Gasteiger partial charge in [-0.1, -0.05) is 13.8 Å². The smallest absolute Gasteiger partial charge is 0.155 e. The summed E-state index contributed by atoms with van der Waals surface area (Å²) in [5.41, 5.74) is 0. The fourth-order valence-electron chi connectivity index (χ4n) is 0.821. The summed E-state index contributed by atoms with van der Waals surface area (Å²) in [5, 5.41) is 17.1. The first-order chi connectivity index (χ1) is 4.83. The minimum Gasteiger partial charge on any atom is -0.394 e. The highest BCUT2D eigenvalue weighted by molar-refractivity contribution is 4.64. The van der Waals surface area contributed by atoms with Crippen LogP contribution in [-0.4, -0.2) is 29.2 Å². The predicted molar refractivity (Wildman–Crippen MR) is 38.5 cm³/mol. The fraction of sp³-hybridized carbons (Fsp3) is 1.00. The molecule has 0 saturated carbocycles.